The van der Waals surface area contributed by atoms with Gasteiger partial charge in [0, 0.05) is 18.0 Å². The molecule has 1 N–H and O–H groups in total. The summed E-state index contributed by atoms with van der Waals surface area (Å²) in [6.07, 6.45) is 0.151. The second-order valence-electron chi connectivity index (χ2n) is 5.33. The van der Waals surface area contributed by atoms with Crippen LogP contribution in [0.5, 0.6) is 0 Å². The van der Waals surface area contributed by atoms with E-state index in [9.17, 15) is 18.3 Å². The van der Waals surface area contributed by atoms with E-state index in [4.69, 9.17) is 11.6 Å². The van der Waals surface area contributed by atoms with Crippen LogP contribution in [0.4, 0.5) is 0 Å². The summed E-state index contributed by atoms with van der Waals surface area (Å²) in [7, 11) is -3.92. The van der Waals surface area contributed by atoms with Gasteiger partial charge in [0.2, 0.25) is 10.0 Å². The third-order valence-corrected chi connectivity index (χ3v) is 6.03. The highest BCUT2D eigenvalue weighted by molar-refractivity contribution is 7.89. The number of fused-ring (bicyclic) bond motifs is 1. The molecule has 2 aromatic rings. The number of carboxylic acids is 1. The third-order valence-electron chi connectivity index (χ3n) is 3.91. The van der Waals surface area contributed by atoms with Crippen LogP contribution in [-0.2, 0) is 27.8 Å². The van der Waals surface area contributed by atoms with Crippen LogP contribution >= 0.6 is 11.6 Å². The Balaban J connectivity index is 2.05. The van der Waals surface area contributed by atoms with E-state index >= 15 is 0 Å². The molecule has 0 amide bonds. The fourth-order valence-electron chi connectivity index (χ4n) is 2.70. The minimum Gasteiger partial charge on any atom is -0.480 e. The van der Waals surface area contributed by atoms with Gasteiger partial charge >= 0.3 is 5.97 Å². The molecular formula is C16H14ClNO4S. The molecule has 1 heterocycles. The van der Waals surface area contributed by atoms with Crippen LogP contribution in [0.2, 0.25) is 5.02 Å². The van der Waals surface area contributed by atoms with E-state index in [2.05, 4.69) is 0 Å². The number of benzene rings is 2. The smallest absolute Gasteiger partial charge is 0.322 e. The number of carboxylic acid groups (broad SMARTS) is 1. The molecule has 0 unspecified atom stereocenters. The van der Waals surface area contributed by atoms with Crippen LogP contribution in [0.3, 0.4) is 0 Å². The first-order valence-corrected chi connectivity index (χ1v) is 8.78. The molecule has 0 bridgehead atoms. The van der Waals surface area contributed by atoms with Crippen molar-refractivity contribution in [3.63, 3.8) is 0 Å². The predicted molar refractivity (Wildman–Crippen MR) is 85.8 cm³/mol. The van der Waals surface area contributed by atoms with Gasteiger partial charge in [-0.3, -0.25) is 4.79 Å². The topological polar surface area (TPSA) is 74.7 Å². The van der Waals surface area contributed by atoms with Gasteiger partial charge in [-0.1, -0.05) is 35.9 Å². The molecule has 5 nitrogen and oxygen atoms in total. The number of hydrogen-bond acceptors (Lipinski definition) is 3. The van der Waals surface area contributed by atoms with E-state index in [0.29, 0.717) is 5.02 Å². The SMILES string of the molecule is O=C(O)[C@H]1Cc2ccccc2CN1S(=O)(=O)c1ccc(Cl)cc1. The van der Waals surface area contributed by atoms with Gasteiger partial charge < -0.3 is 5.11 Å². The summed E-state index contributed by atoms with van der Waals surface area (Å²) in [6, 6.07) is 11.9. The lowest BCUT2D eigenvalue weighted by molar-refractivity contribution is -0.141. The van der Waals surface area contributed by atoms with Crippen LogP contribution in [0.15, 0.2) is 53.4 Å². The summed E-state index contributed by atoms with van der Waals surface area (Å²) in [5.41, 5.74) is 1.69. The van der Waals surface area contributed by atoms with Crippen LogP contribution in [-0.4, -0.2) is 29.8 Å². The molecule has 0 aliphatic carbocycles. The lowest BCUT2D eigenvalue weighted by Crippen LogP contribution is -2.48. The molecule has 120 valence electrons. The Hall–Kier alpha value is -1.89. The van der Waals surface area contributed by atoms with Crippen molar-refractivity contribution in [3.8, 4) is 0 Å². The van der Waals surface area contributed by atoms with E-state index in [1.54, 1.807) is 0 Å². The average Bonchev–Trinajstić information content (AvgIpc) is 2.54. The molecular weight excluding hydrogens is 338 g/mol. The Morgan fingerprint density at radius 2 is 1.70 bits per heavy atom. The number of hydrogen-bond donors (Lipinski definition) is 1. The fraction of sp³-hybridized carbons (Fsp3) is 0.188. The van der Waals surface area contributed by atoms with Crippen LogP contribution in [0.25, 0.3) is 0 Å². The zero-order valence-corrected chi connectivity index (χ0v) is 13.6. The van der Waals surface area contributed by atoms with Crippen molar-refractivity contribution < 1.29 is 18.3 Å². The van der Waals surface area contributed by atoms with Gasteiger partial charge in [-0.05, 0) is 35.4 Å². The van der Waals surface area contributed by atoms with Gasteiger partial charge in [-0.2, -0.15) is 4.31 Å². The largest absolute Gasteiger partial charge is 0.480 e. The van der Waals surface area contributed by atoms with Crippen molar-refractivity contribution in [3.05, 3.63) is 64.7 Å². The molecule has 0 saturated carbocycles. The van der Waals surface area contributed by atoms with Gasteiger partial charge in [-0.25, -0.2) is 8.42 Å². The van der Waals surface area contributed by atoms with Crippen molar-refractivity contribution >= 4 is 27.6 Å². The van der Waals surface area contributed by atoms with E-state index < -0.39 is 22.0 Å². The quantitative estimate of drug-likeness (QED) is 0.922. The Labute approximate surface area is 139 Å². The second kappa shape index (κ2) is 5.96. The zero-order valence-electron chi connectivity index (χ0n) is 12.0. The maximum Gasteiger partial charge on any atom is 0.322 e. The van der Waals surface area contributed by atoms with E-state index in [1.807, 2.05) is 24.3 Å². The Kier molecular flexibility index (Phi) is 4.14. The van der Waals surface area contributed by atoms with Gasteiger partial charge in [0.15, 0.2) is 0 Å². The maximum absolute atomic E-state index is 12.8. The van der Waals surface area contributed by atoms with Crippen molar-refractivity contribution in [2.24, 2.45) is 0 Å². The normalized spacial score (nSPS) is 18.4. The highest BCUT2D eigenvalue weighted by atomic mass is 35.5. The van der Waals surface area contributed by atoms with E-state index in [1.165, 1.54) is 24.3 Å². The molecule has 1 aliphatic rings. The summed E-state index contributed by atoms with van der Waals surface area (Å²) in [4.78, 5) is 11.6. The molecule has 1 atom stereocenters. The summed E-state index contributed by atoms with van der Waals surface area (Å²) >= 11 is 5.79. The minimum absolute atomic E-state index is 0.0348. The highest BCUT2D eigenvalue weighted by Gasteiger charge is 2.39. The molecule has 0 aromatic heterocycles. The summed E-state index contributed by atoms with van der Waals surface area (Å²) < 4.78 is 26.7. The monoisotopic (exact) mass is 351 g/mol. The first-order chi connectivity index (χ1) is 10.9. The lowest BCUT2D eigenvalue weighted by atomic mass is 9.96. The number of halogens is 1. The number of rotatable bonds is 3. The standard InChI is InChI=1S/C16H14ClNO4S/c17-13-5-7-14(8-6-13)23(21,22)18-10-12-4-2-1-3-11(12)9-15(18)16(19)20/h1-8,15H,9-10H2,(H,19,20)/t15-/m1/s1. The van der Waals surface area contributed by atoms with Crippen molar-refractivity contribution in [2.45, 2.75) is 23.9 Å². The molecule has 2 aromatic carbocycles. The first-order valence-electron chi connectivity index (χ1n) is 6.96. The van der Waals surface area contributed by atoms with Gasteiger partial charge in [0.05, 0.1) is 4.90 Å². The molecule has 0 radical (unpaired) electrons. The van der Waals surface area contributed by atoms with Crippen LogP contribution in [0, 0.1) is 0 Å². The molecule has 0 saturated heterocycles. The third kappa shape index (κ3) is 2.97. The van der Waals surface area contributed by atoms with Crippen molar-refractivity contribution in [2.75, 3.05) is 0 Å². The van der Waals surface area contributed by atoms with Crippen molar-refractivity contribution in [1.29, 1.82) is 0 Å². The number of carbonyl (C=O) groups is 1. The minimum atomic E-state index is -3.92. The first kappa shape index (κ1) is 16.0. The Bertz CT molecular complexity index is 849. The zero-order chi connectivity index (χ0) is 16.6. The predicted octanol–water partition coefficient (Wildman–Crippen LogP) is 2.54. The number of aliphatic carboxylic acids is 1. The van der Waals surface area contributed by atoms with Crippen LogP contribution in [0.1, 0.15) is 11.1 Å². The van der Waals surface area contributed by atoms with Gasteiger partial charge in [-0.15, -0.1) is 0 Å². The van der Waals surface area contributed by atoms with E-state index in [0.717, 1.165) is 15.4 Å². The van der Waals surface area contributed by atoms with Gasteiger partial charge in [0.1, 0.15) is 6.04 Å². The highest BCUT2D eigenvalue weighted by Crippen LogP contribution is 2.29. The fourth-order valence-corrected chi connectivity index (χ4v) is 4.39. The van der Waals surface area contributed by atoms with Gasteiger partial charge in [0.25, 0.3) is 0 Å². The summed E-state index contributed by atoms with van der Waals surface area (Å²) in [5, 5.41) is 9.88. The molecule has 1 aliphatic heterocycles. The molecule has 3 rings (SSSR count). The van der Waals surface area contributed by atoms with Crippen molar-refractivity contribution in [1.82, 2.24) is 4.31 Å². The Morgan fingerprint density at radius 3 is 2.30 bits per heavy atom. The number of nitrogens with zero attached hydrogens (tertiary/aromatic N) is 1. The molecule has 0 fully saturated rings. The average molecular weight is 352 g/mol. The molecule has 0 spiro atoms. The lowest BCUT2D eigenvalue weighted by Gasteiger charge is -2.33. The summed E-state index contributed by atoms with van der Waals surface area (Å²) in [5.74, 6) is -1.16. The van der Waals surface area contributed by atoms with Crippen LogP contribution < -0.4 is 0 Å². The molecule has 7 heteroatoms. The summed E-state index contributed by atoms with van der Waals surface area (Å²) in [6.45, 7) is 0.0398. The maximum atomic E-state index is 12.8. The second-order valence-corrected chi connectivity index (χ2v) is 7.66. The van der Waals surface area contributed by atoms with E-state index in [-0.39, 0.29) is 17.9 Å². The Morgan fingerprint density at radius 1 is 1.09 bits per heavy atom. The number of sulfonamides is 1. The molecule has 23 heavy (non-hydrogen) atoms.